The van der Waals surface area contributed by atoms with Crippen molar-refractivity contribution in [2.45, 2.75) is 6.43 Å². The molecule has 0 aliphatic carbocycles. The fourth-order valence-corrected chi connectivity index (χ4v) is 3.81. The highest BCUT2D eigenvalue weighted by Crippen LogP contribution is 2.30. The topological polar surface area (TPSA) is 90.7 Å². The second-order valence-electron chi connectivity index (χ2n) is 7.40. The van der Waals surface area contributed by atoms with Crippen LogP contribution in [0.15, 0.2) is 18.2 Å². The summed E-state index contributed by atoms with van der Waals surface area (Å²) in [6.07, 6.45) is -2.82. The molecule has 1 aromatic carbocycles. The number of methoxy groups -OCH3 is 1. The van der Waals surface area contributed by atoms with Crippen LogP contribution in [0.25, 0.3) is 17.0 Å². The van der Waals surface area contributed by atoms with Crippen LogP contribution < -0.4 is 14.5 Å². The van der Waals surface area contributed by atoms with Crippen LogP contribution >= 0.6 is 0 Å². The van der Waals surface area contributed by atoms with E-state index in [1.807, 2.05) is 9.80 Å². The van der Waals surface area contributed by atoms with Crippen LogP contribution in [0.1, 0.15) is 12.2 Å². The van der Waals surface area contributed by atoms with E-state index in [0.717, 1.165) is 0 Å². The molecule has 2 aliphatic rings. The molecule has 2 aliphatic heterocycles. The first-order chi connectivity index (χ1) is 15.6. The zero-order chi connectivity index (χ0) is 22.1. The van der Waals surface area contributed by atoms with Gasteiger partial charge in [-0.15, -0.1) is 0 Å². The molecule has 2 saturated heterocycles. The van der Waals surface area contributed by atoms with Crippen molar-refractivity contribution in [1.29, 1.82) is 0 Å². The van der Waals surface area contributed by atoms with Crippen LogP contribution in [-0.4, -0.2) is 84.2 Å². The highest BCUT2D eigenvalue weighted by Gasteiger charge is 2.26. The Morgan fingerprint density at radius 1 is 0.844 bits per heavy atom. The first kappa shape index (κ1) is 20.8. The van der Waals surface area contributed by atoms with Gasteiger partial charge in [-0.2, -0.15) is 15.0 Å². The number of aromatic nitrogens is 5. The second kappa shape index (κ2) is 8.79. The van der Waals surface area contributed by atoms with Gasteiger partial charge in [0.25, 0.3) is 6.43 Å². The lowest BCUT2D eigenvalue weighted by molar-refractivity contribution is 0.121. The van der Waals surface area contributed by atoms with Gasteiger partial charge in [-0.3, -0.25) is 4.57 Å². The van der Waals surface area contributed by atoms with E-state index in [1.54, 1.807) is 18.2 Å². The minimum atomic E-state index is -2.82. The highest BCUT2D eigenvalue weighted by molar-refractivity contribution is 5.79. The molecule has 0 radical (unpaired) electrons. The smallest absolute Gasteiger partial charge is 0.296 e. The minimum Gasteiger partial charge on any atom is -0.497 e. The van der Waals surface area contributed by atoms with E-state index in [1.165, 1.54) is 11.7 Å². The summed E-state index contributed by atoms with van der Waals surface area (Å²) >= 11 is 0. The molecule has 32 heavy (non-hydrogen) atoms. The van der Waals surface area contributed by atoms with Crippen LogP contribution in [-0.2, 0) is 9.47 Å². The van der Waals surface area contributed by atoms with Crippen molar-refractivity contribution in [1.82, 2.24) is 24.5 Å². The number of imidazole rings is 1. The average Bonchev–Trinajstić information content (AvgIpc) is 3.24. The fourth-order valence-electron chi connectivity index (χ4n) is 3.81. The van der Waals surface area contributed by atoms with Crippen molar-refractivity contribution in [3.63, 3.8) is 0 Å². The number of benzene rings is 1. The number of halogens is 2. The van der Waals surface area contributed by atoms with Gasteiger partial charge < -0.3 is 24.0 Å². The number of morpholine rings is 2. The van der Waals surface area contributed by atoms with Crippen LogP contribution in [0.5, 0.6) is 5.75 Å². The van der Waals surface area contributed by atoms with Crippen molar-refractivity contribution < 1.29 is 23.0 Å². The molecule has 3 aromatic rings. The quantitative estimate of drug-likeness (QED) is 0.581. The van der Waals surface area contributed by atoms with Gasteiger partial charge in [-0.1, -0.05) is 0 Å². The summed E-state index contributed by atoms with van der Waals surface area (Å²) in [5.74, 6) is 1.03. The molecule has 2 fully saturated rings. The Bertz CT molecular complexity index is 1060. The van der Waals surface area contributed by atoms with Crippen molar-refractivity contribution in [3.05, 3.63) is 24.0 Å². The zero-order valence-electron chi connectivity index (χ0n) is 17.6. The number of anilines is 2. The molecule has 0 atom stereocenters. The van der Waals surface area contributed by atoms with E-state index < -0.39 is 12.2 Å². The lowest BCUT2D eigenvalue weighted by Gasteiger charge is -2.30. The Hall–Kier alpha value is -3.12. The second-order valence-corrected chi connectivity index (χ2v) is 7.40. The Labute approximate surface area is 182 Å². The maximum Gasteiger partial charge on any atom is 0.296 e. The lowest BCUT2D eigenvalue weighted by Crippen LogP contribution is -2.40. The molecule has 10 nitrogen and oxygen atoms in total. The van der Waals surface area contributed by atoms with Gasteiger partial charge in [0.2, 0.25) is 17.8 Å². The number of ether oxygens (including phenoxy) is 3. The molecule has 0 saturated carbocycles. The number of nitrogens with zero attached hydrogens (tertiary/aromatic N) is 7. The fraction of sp³-hybridized carbons (Fsp3) is 0.500. The standard InChI is InChI=1S/C20H23F2N7O3/c1-30-13-2-3-14-15(12-13)29(17(23-14)16(21)22)20-25-18(27-4-8-31-9-5-27)24-19(26-20)28-6-10-32-11-7-28/h2-3,12,16H,4-11H2,1H3. The summed E-state index contributed by atoms with van der Waals surface area (Å²) < 4.78 is 45.5. The molecule has 0 amide bonds. The summed E-state index contributed by atoms with van der Waals surface area (Å²) in [5.41, 5.74) is 0.842. The largest absolute Gasteiger partial charge is 0.497 e. The number of hydrogen-bond acceptors (Lipinski definition) is 9. The first-order valence-corrected chi connectivity index (χ1v) is 10.4. The molecule has 0 spiro atoms. The van der Waals surface area contributed by atoms with E-state index in [-0.39, 0.29) is 5.95 Å². The predicted octanol–water partition coefficient (Wildman–Crippen LogP) is 1.83. The summed E-state index contributed by atoms with van der Waals surface area (Å²) in [7, 11) is 1.52. The number of hydrogen-bond donors (Lipinski definition) is 0. The van der Waals surface area contributed by atoms with Crippen molar-refractivity contribution >= 4 is 22.9 Å². The molecular formula is C20H23F2N7O3. The Balaban J connectivity index is 1.69. The molecule has 0 N–H and O–H groups in total. The van der Waals surface area contributed by atoms with Crippen molar-refractivity contribution in [2.24, 2.45) is 0 Å². The lowest BCUT2D eigenvalue weighted by atomic mass is 10.3. The molecule has 2 aromatic heterocycles. The Morgan fingerprint density at radius 3 is 1.94 bits per heavy atom. The van der Waals surface area contributed by atoms with Gasteiger partial charge >= 0.3 is 0 Å². The molecule has 12 heteroatoms. The summed E-state index contributed by atoms with van der Waals surface area (Å²) in [6.45, 7) is 4.59. The van der Waals surface area contributed by atoms with Crippen molar-refractivity contribution in [3.8, 4) is 11.7 Å². The Kier molecular flexibility index (Phi) is 5.70. The van der Waals surface area contributed by atoms with Crippen LogP contribution in [0.2, 0.25) is 0 Å². The number of rotatable bonds is 5. The van der Waals surface area contributed by atoms with E-state index in [2.05, 4.69) is 19.9 Å². The third-order valence-corrected chi connectivity index (χ3v) is 5.47. The van der Waals surface area contributed by atoms with Crippen molar-refractivity contribution in [2.75, 3.05) is 69.5 Å². The average molecular weight is 447 g/mol. The summed E-state index contributed by atoms with van der Waals surface area (Å²) in [5, 5.41) is 0. The third-order valence-electron chi connectivity index (χ3n) is 5.47. The van der Waals surface area contributed by atoms with Gasteiger partial charge in [0.1, 0.15) is 5.75 Å². The van der Waals surface area contributed by atoms with Gasteiger partial charge in [0.05, 0.1) is 44.6 Å². The predicted molar refractivity (Wildman–Crippen MR) is 112 cm³/mol. The van der Waals surface area contributed by atoms with E-state index >= 15 is 0 Å². The maximum absolute atomic E-state index is 14.0. The number of fused-ring (bicyclic) bond motifs is 1. The third kappa shape index (κ3) is 3.91. The molecular weight excluding hydrogens is 424 g/mol. The monoisotopic (exact) mass is 447 g/mol. The molecule has 0 bridgehead atoms. The van der Waals surface area contributed by atoms with E-state index in [4.69, 9.17) is 14.2 Å². The maximum atomic E-state index is 14.0. The highest BCUT2D eigenvalue weighted by atomic mass is 19.3. The molecule has 5 rings (SSSR count). The Morgan fingerprint density at radius 2 is 1.41 bits per heavy atom. The normalized spacial score (nSPS) is 17.4. The van der Waals surface area contributed by atoms with E-state index in [0.29, 0.717) is 81.3 Å². The SMILES string of the molecule is COc1ccc2nc(C(F)F)n(-c3nc(N4CCOCC4)nc(N4CCOCC4)n3)c2c1. The van der Waals surface area contributed by atoms with E-state index in [9.17, 15) is 8.78 Å². The van der Waals surface area contributed by atoms with Crippen LogP contribution in [0, 0.1) is 0 Å². The van der Waals surface area contributed by atoms with Gasteiger partial charge in [0.15, 0.2) is 5.82 Å². The number of alkyl halides is 2. The van der Waals surface area contributed by atoms with Gasteiger partial charge in [-0.25, -0.2) is 13.8 Å². The summed E-state index contributed by atoms with van der Waals surface area (Å²) in [6, 6.07) is 4.98. The van der Waals surface area contributed by atoms with Gasteiger partial charge in [0, 0.05) is 32.2 Å². The summed E-state index contributed by atoms with van der Waals surface area (Å²) in [4.78, 5) is 21.9. The molecule has 170 valence electrons. The molecule has 4 heterocycles. The van der Waals surface area contributed by atoms with Crippen LogP contribution in [0.3, 0.4) is 0 Å². The van der Waals surface area contributed by atoms with Gasteiger partial charge in [-0.05, 0) is 12.1 Å². The zero-order valence-corrected chi connectivity index (χ0v) is 17.6. The minimum absolute atomic E-state index is 0.0917. The van der Waals surface area contributed by atoms with Crippen LogP contribution in [0.4, 0.5) is 20.7 Å². The molecule has 0 unspecified atom stereocenters. The first-order valence-electron chi connectivity index (χ1n) is 10.4.